The molecular formula is C23H20Cl2N4OS. The molecule has 0 atom stereocenters. The van der Waals surface area contributed by atoms with Gasteiger partial charge >= 0.3 is 0 Å². The molecule has 0 fully saturated rings. The number of fused-ring (bicyclic) bond motifs is 1. The lowest BCUT2D eigenvalue weighted by atomic mass is 10.1. The lowest BCUT2D eigenvalue weighted by Gasteiger charge is -2.14. The molecule has 0 radical (unpaired) electrons. The maximum atomic E-state index is 9.83. The second-order valence-corrected chi connectivity index (χ2v) is 9.38. The van der Waals surface area contributed by atoms with Crippen molar-refractivity contribution in [1.29, 1.82) is 0 Å². The number of aryl methyl sites for hydroxylation is 1. The number of hydrogen-bond donors (Lipinski definition) is 2. The number of hydrogen-bond acceptors (Lipinski definition) is 6. The van der Waals surface area contributed by atoms with Crippen molar-refractivity contribution >= 4 is 57.5 Å². The van der Waals surface area contributed by atoms with Gasteiger partial charge in [0.25, 0.3) is 0 Å². The molecule has 2 heterocycles. The van der Waals surface area contributed by atoms with Crippen LogP contribution in [-0.2, 0) is 0 Å². The Labute approximate surface area is 194 Å². The number of aromatic hydroxyl groups is 1. The molecule has 4 aromatic rings. The van der Waals surface area contributed by atoms with Crippen LogP contribution in [0, 0.1) is 6.92 Å². The summed E-state index contributed by atoms with van der Waals surface area (Å²) in [5.41, 5.74) is 3.64. The molecule has 158 valence electrons. The number of aromatic nitrogens is 3. The highest BCUT2D eigenvalue weighted by Gasteiger charge is 2.13. The highest BCUT2D eigenvalue weighted by atomic mass is 35.5. The molecule has 4 rings (SSSR count). The highest BCUT2D eigenvalue weighted by Crippen LogP contribution is 2.41. The summed E-state index contributed by atoms with van der Waals surface area (Å²) in [6.07, 6.45) is 1.52. The molecule has 0 saturated heterocycles. The molecule has 0 amide bonds. The minimum Gasteiger partial charge on any atom is -0.505 e. The number of benzene rings is 2. The van der Waals surface area contributed by atoms with Gasteiger partial charge in [-0.15, -0.1) is 0 Å². The average molecular weight is 471 g/mol. The van der Waals surface area contributed by atoms with E-state index in [1.54, 1.807) is 12.1 Å². The SMILES string of the molecule is Cc1ccc(Sc2cc(Cl)c(O)c(Cl)c2)c(Nc2ncnc3nc(C(C)C)ccc23)c1. The number of phenols is 1. The first-order chi connectivity index (χ1) is 14.8. The molecule has 2 aromatic carbocycles. The predicted octanol–water partition coefficient (Wildman–Crippen LogP) is 7.36. The van der Waals surface area contributed by atoms with Gasteiger partial charge in [0.2, 0.25) is 0 Å². The lowest BCUT2D eigenvalue weighted by Crippen LogP contribution is -2.00. The third-order valence-corrected chi connectivity index (χ3v) is 6.34. The van der Waals surface area contributed by atoms with Crippen molar-refractivity contribution in [3.63, 3.8) is 0 Å². The Balaban J connectivity index is 1.72. The molecule has 2 N–H and O–H groups in total. The van der Waals surface area contributed by atoms with Gasteiger partial charge in [-0.3, -0.25) is 0 Å². The first kappa shape index (κ1) is 21.7. The van der Waals surface area contributed by atoms with E-state index in [9.17, 15) is 5.11 Å². The van der Waals surface area contributed by atoms with E-state index >= 15 is 0 Å². The Morgan fingerprint density at radius 3 is 2.45 bits per heavy atom. The molecule has 5 nitrogen and oxygen atoms in total. The normalized spacial score (nSPS) is 11.3. The van der Waals surface area contributed by atoms with Gasteiger partial charge in [0.1, 0.15) is 12.1 Å². The van der Waals surface area contributed by atoms with Gasteiger partial charge < -0.3 is 10.4 Å². The summed E-state index contributed by atoms with van der Waals surface area (Å²) < 4.78 is 0. The zero-order valence-corrected chi connectivity index (χ0v) is 19.5. The molecule has 0 unspecified atom stereocenters. The Bertz CT molecular complexity index is 1260. The average Bonchev–Trinajstić information content (AvgIpc) is 2.73. The summed E-state index contributed by atoms with van der Waals surface area (Å²) in [5.74, 6) is 0.886. The summed E-state index contributed by atoms with van der Waals surface area (Å²) >= 11 is 13.7. The number of phenolic OH excluding ortho intramolecular Hbond substituents is 1. The van der Waals surface area contributed by atoms with Crippen LogP contribution in [0.1, 0.15) is 31.0 Å². The maximum absolute atomic E-state index is 9.83. The molecular weight excluding hydrogens is 451 g/mol. The molecule has 2 aromatic heterocycles. The smallest absolute Gasteiger partial charge is 0.164 e. The van der Waals surface area contributed by atoms with Gasteiger partial charge in [0.05, 0.1) is 21.1 Å². The van der Waals surface area contributed by atoms with Crippen LogP contribution in [-0.4, -0.2) is 20.1 Å². The minimum absolute atomic E-state index is 0.115. The number of anilines is 2. The van der Waals surface area contributed by atoms with Crippen LogP contribution in [0.2, 0.25) is 10.0 Å². The number of nitrogens with zero attached hydrogens (tertiary/aromatic N) is 3. The first-order valence-corrected chi connectivity index (χ1v) is 11.2. The van der Waals surface area contributed by atoms with Crippen molar-refractivity contribution < 1.29 is 5.11 Å². The maximum Gasteiger partial charge on any atom is 0.164 e. The number of rotatable bonds is 5. The summed E-state index contributed by atoms with van der Waals surface area (Å²) in [5, 5.41) is 14.5. The summed E-state index contributed by atoms with van der Waals surface area (Å²) in [6.45, 7) is 6.24. The monoisotopic (exact) mass is 470 g/mol. The predicted molar refractivity (Wildman–Crippen MR) is 128 cm³/mol. The van der Waals surface area contributed by atoms with E-state index in [1.165, 1.54) is 18.1 Å². The fourth-order valence-electron chi connectivity index (χ4n) is 3.06. The van der Waals surface area contributed by atoms with E-state index in [2.05, 4.69) is 40.2 Å². The van der Waals surface area contributed by atoms with Gasteiger partial charge in [-0.1, -0.05) is 54.9 Å². The largest absolute Gasteiger partial charge is 0.505 e. The third kappa shape index (κ3) is 4.71. The van der Waals surface area contributed by atoms with Crippen LogP contribution in [0.25, 0.3) is 11.0 Å². The number of nitrogens with one attached hydrogen (secondary N) is 1. The fraction of sp³-hybridized carbons (Fsp3) is 0.174. The van der Waals surface area contributed by atoms with E-state index in [0.717, 1.165) is 32.1 Å². The van der Waals surface area contributed by atoms with Crippen molar-refractivity contribution in [3.05, 3.63) is 70.1 Å². The topological polar surface area (TPSA) is 70.9 Å². The minimum atomic E-state index is -0.115. The molecule has 0 bridgehead atoms. The zero-order chi connectivity index (χ0) is 22.1. The summed E-state index contributed by atoms with van der Waals surface area (Å²) in [4.78, 5) is 15.2. The van der Waals surface area contributed by atoms with Crippen molar-refractivity contribution in [2.24, 2.45) is 0 Å². The molecule has 8 heteroatoms. The summed E-state index contributed by atoms with van der Waals surface area (Å²) in [7, 11) is 0. The fourth-order valence-corrected chi connectivity index (χ4v) is 4.64. The highest BCUT2D eigenvalue weighted by molar-refractivity contribution is 7.99. The van der Waals surface area contributed by atoms with E-state index in [4.69, 9.17) is 23.2 Å². The van der Waals surface area contributed by atoms with Gasteiger partial charge in [0.15, 0.2) is 11.4 Å². The van der Waals surface area contributed by atoms with E-state index in [-0.39, 0.29) is 15.8 Å². The van der Waals surface area contributed by atoms with Crippen LogP contribution < -0.4 is 5.32 Å². The van der Waals surface area contributed by atoms with Crippen LogP contribution in [0.3, 0.4) is 0 Å². The zero-order valence-electron chi connectivity index (χ0n) is 17.1. The van der Waals surface area contributed by atoms with Gasteiger partial charge in [0, 0.05) is 15.5 Å². The van der Waals surface area contributed by atoms with Crippen molar-refractivity contribution in [3.8, 4) is 5.75 Å². The molecule has 31 heavy (non-hydrogen) atoms. The van der Waals surface area contributed by atoms with E-state index in [1.807, 2.05) is 31.2 Å². The van der Waals surface area contributed by atoms with Crippen molar-refractivity contribution in [2.45, 2.75) is 36.5 Å². The van der Waals surface area contributed by atoms with Crippen LogP contribution in [0.15, 0.2) is 58.6 Å². The van der Waals surface area contributed by atoms with Gasteiger partial charge in [-0.2, -0.15) is 0 Å². The second-order valence-electron chi connectivity index (χ2n) is 7.45. The molecule has 0 aliphatic carbocycles. The quantitative estimate of drug-likeness (QED) is 0.317. The standard InChI is InChI=1S/C23H20Cl2N4OS/c1-12(2)18-6-5-15-22(28-18)26-11-27-23(15)29-19-8-13(3)4-7-20(19)31-14-9-16(24)21(30)17(25)10-14/h4-12,30H,1-3H3,(H,26,27,28,29). The van der Waals surface area contributed by atoms with Gasteiger partial charge in [-0.05, 0) is 54.8 Å². The Hall–Kier alpha value is -2.54. The Morgan fingerprint density at radius 1 is 1.00 bits per heavy atom. The van der Waals surface area contributed by atoms with E-state index in [0.29, 0.717) is 17.4 Å². The molecule has 0 spiro atoms. The molecule has 0 saturated carbocycles. The summed E-state index contributed by atoms with van der Waals surface area (Å²) in [6, 6.07) is 13.5. The van der Waals surface area contributed by atoms with Crippen molar-refractivity contribution in [2.75, 3.05) is 5.32 Å². The third-order valence-electron chi connectivity index (χ3n) is 4.72. The van der Waals surface area contributed by atoms with Crippen LogP contribution in [0.4, 0.5) is 11.5 Å². The molecule has 0 aliphatic heterocycles. The first-order valence-electron chi connectivity index (χ1n) is 9.67. The number of pyridine rings is 1. The van der Waals surface area contributed by atoms with E-state index < -0.39 is 0 Å². The lowest BCUT2D eigenvalue weighted by molar-refractivity contribution is 0.475. The molecule has 0 aliphatic rings. The van der Waals surface area contributed by atoms with Gasteiger partial charge in [-0.25, -0.2) is 15.0 Å². The van der Waals surface area contributed by atoms with Crippen molar-refractivity contribution in [1.82, 2.24) is 15.0 Å². The van der Waals surface area contributed by atoms with Crippen LogP contribution >= 0.6 is 35.0 Å². The number of halogens is 2. The Kier molecular flexibility index (Phi) is 6.23. The van der Waals surface area contributed by atoms with Crippen LogP contribution in [0.5, 0.6) is 5.75 Å². The Morgan fingerprint density at radius 2 is 1.74 bits per heavy atom. The second kappa shape index (κ2) is 8.91.